The van der Waals surface area contributed by atoms with E-state index in [9.17, 15) is 9.90 Å². The Hall–Kier alpha value is -2.47. The first-order valence-electron chi connectivity index (χ1n) is 7.97. The molecule has 2 amide bonds. The Bertz CT molecular complexity index is 610. The van der Waals surface area contributed by atoms with Crippen LogP contribution in [0, 0.1) is 0 Å². The highest BCUT2D eigenvalue weighted by Crippen LogP contribution is 2.21. The normalized spacial score (nSPS) is 13.1. The fourth-order valence-electron chi connectivity index (χ4n) is 2.33. The quantitative estimate of drug-likeness (QED) is 0.694. The van der Waals surface area contributed by atoms with Crippen molar-refractivity contribution < 1.29 is 19.1 Å². The van der Waals surface area contributed by atoms with Crippen LogP contribution in [0.4, 0.5) is 4.79 Å². The van der Waals surface area contributed by atoms with Gasteiger partial charge in [-0.15, -0.1) is 0 Å². The maximum atomic E-state index is 11.7. The monoisotopic (exact) mass is 332 g/mol. The van der Waals surface area contributed by atoms with Crippen molar-refractivity contribution in [1.29, 1.82) is 0 Å². The Morgan fingerprint density at radius 3 is 2.62 bits per heavy atom. The average Bonchev–Trinajstić information content (AvgIpc) is 3.14. The second-order valence-corrected chi connectivity index (χ2v) is 5.63. The molecule has 0 fully saturated rings. The van der Waals surface area contributed by atoms with E-state index in [4.69, 9.17) is 9.15 Å². The van der Waals surface area contributed by atoms with Crippen LogP contribution in [-0.4, -0.2) is 31.3 Å². The Balaban J connectivity index is 1.66. The minimum Gasteiger partial charge on any atom is -0.497 e. The molecule has 3 N–H and O–H groups in total. The molecule has 0 spiro atoms. The van der Waals surface area contributed by atoms with Crippen molar-refractivity contribution in [2.75, 3.05) is 20.2 Å². The zero-order chi connectivity index (χ0) is 17.4. The molecule has 6 nitrogen and oxygen atoms in total. The van der Waals surface area contributed by atoms with Crippen LogP contribution in [0.3, 0.4) is 0 Å². The average molecular weight is 332 g/mol. The van der Waals surface area contributed by atoms with Crippen LogP contribution in [0.1, 0.15) is 36.7 Å². The van der Waals surface area contributed by atoms with Gasteiger partial charge in [-0.2, -0.15) is 0 Å². The zero-order valence-electron chi connectivity index (χ0n) is 14.0. The minimum absolute atomic E-state index is 0.105. The maximum absolute atomic E-state index is 11.7. The van der Waals surface area contributed by atoms with Gasteiger partial charge in [0.15, 0.2) is 0 Å². The summed E-state index contributed by atoms with van der Waals surface area (Å²) >= 11 is 0. The number of aliphatic hydroxyl groups is 1. The largest absolute Gasteiger partial charge is 0.497 e. The van der Waals surface area contributed by atoms with Gasteiger partial charge >= 0.3 is 6.03 Å². The minimum atomic E-state index is -0.844. The molecule has 0 bridgehead atoms. The summed E-state index contributed by atoms with van der Waals surface area (Å²) in [5, 5.41) is 15.2. The van der Waals surface area contributed by atoms with E-state index in [2.05, 4.69) is 17.6 Å². The van der Waals surface area contributed by atoms with Crippen molar-refractivity contribution in [1.82, 2.24) is 10.6 Å². The highest BCUT2D eigenvalue weighted by atomic mass is 16.5. The summed E-state index contributed by atoms with van der Waals surface area (Å²) < 4.78 is 10.2. The van der Waals surface area contributed by atoms with Gasteiger partial charge in [-0.1, -0.05) is 19.1 Å². The van der Waals surface area contributed by atoms with E-state index >= 15 is 0 Å². The van der Waals surface area contributed by atoms with Gasteiger partial charge in [-0.3, -0.25) is 0 Å². The first-order chi connectivity index (χ1) is 11.6. The van der Waals surface area contributed by atoms with Crippen molar-refractivity contribution in [2.45, 2.75) is 25.4 Å². The molecular formula is C18H24N2O4. The number of hydrogen-bond donors (Lipinski definition) is 3. The molecule has 1 aromatic heterocycles. The molecule has 6 heteroatoms. The summed E-state index contributed by atoms with van der Waals surface area (Å²) in [6.45, 7) is 2.77. The lowest BCUT2D eigenvalue weighted by molar-refractivity contribution is 0.148. The Morgan fingerprint density at radius 2 is 2.00 bits per heavy atom. The van der Waals surface area contributed by atoms with E-state index in [0.717, 1.165) is 12.2 Å². The van der Waals surface area contributed by atoms with Gasteiger partial charge in [-0.05, 0) is 42.2 Å². The second-order valence-electron chi connectivity index (χ2n) is 5.63. The molecule has 2 unspecified atom stereocenters. The number of furan rings is 1. The van der Waals surface area contributed by atoms with Crippen LogP contribution in [0.5, 0.6) is 5.75 Å². The lowest BCUT2D eigenvalue weighted by atomic mass is 9.98. The smallest absolute Gasteiger partial charge is 0.314 e. The molecule has 0 aliphatic rings. The second kappa shape index (κ2) is 8.98. The molecule has 2 rings (SSSR count). The highest BCUT2D eigenvalue weighted by molar-refractivity contribution is 5.73. The summed E-state index contributed by atoms with van der Waals surface area (Å²) in [6, 6.07) is 11.0. The van der Waals surface area contributed by atoms with Crippen LogP contribution in [-0.2, 0) is 0 Å². The lowest BCUT2D eigenvalue weighted by Crippen LogP contribution is -2.38. The number of hydrogen-bond acceptors (Lipinski definition) is 4. The van der Waals surface area contributed by atoms with E-state index in [1.807, 2.05) is 24.3 Å². The topological polar surface area (TPSA) is 83.7 Å². The Morgan fingerprint density at radius 1 is 1.25 bits per heavy atom. The third-order valence-corrected chi connectivity index (χ3v) is 3.88. The van der Waals surface area contributed by atoms with Gasteiger partial charge in [-0.25, -0.2) is 4.79 Å². The van der Waals surface area contributed by atoms with Gasteiger partial charge < -0.3 is 24.9 Å². The highest BCUT2D eigenvalue weighted by Gasteiger charge is 2.12. The summed E-state index contributed by atoms with van der Waals surface area (Å²) in [5.74, 6) is 1.59. The van der Waals surface area contributed by atoms with Gasteiger partial charge in [0.05, 0.1) is 19.9 Å². The molecule has 0 aliphatic heterocycles. The van der Waals surface area contributed by atoms with E-state index in [0.29, 0.717) is 18.2 Å². The molecule has 24 heavy (non-hydrogen) atoms. The molecule has 130 valence electrons. The predicted octanol–water partition coefficient (Wildman–Crippen LogP) is 2.81. The van der Waals surface area contributed by atoms with Crippen molar-refractivity contribution in [3.63, 3.8) is 0 Å². The molecule has 0 aliphatic carbocycles. The number of methoxy groups -OCH3 is 1. The van der Waals surface area contributed by atoms with Crippen LogP contribution in [0.25, 0.3) is 0 Å². The summed E-state index contributed by atoms with van der Waals surface area (Å²) in [4.78, 5) is 11.7. The predicted molar refractivity (Wildman–Crippen MR) is 91.1 cm³/mol. The molecule has 2 atom stereocenters. The molecule has 0 radical (unpaired) electrons. The van der Waals surface area contributed by atoms with Gasteiger partial charge in [0.25, 0.3) is 0 Å². The Kier molecular flexibility index (Phi) is 6.69. The number of amides is 2. The van der Waals surface area contributed by atoms with Crippen LogP contribution >= 0.6 is 0 Å². The van der Waals surface area contributed by atoms with Crippen LogP contribution in [0.2, 0.25) is 0 Å². The third-order valence-electron chi connectivity index (χ3n) is 3.88. The number of aliphatic hydroxyl groups excluding tert-OH is 1. The standard InChI is InChI=1S/C18H24N2O4/c1-13(14-5-7-15(23-2)8-6-14)9-10-19-18(22)20-12-16(21)17-4-3-11-24-17/h3-8,11,13,16,21H,9-10,12H2,1-2H3,(H2,19,20,22). The van der Waals surface area contributed by atoms with E-state index in [1.165, 1.54) is 11.8 Å². The third kappa shape index (κ3) is 5.31. The fourth-order valence-corrected chi connectivity index (χ4v) is 2.33. The molecule has 1 aromatic carbocycles. The SMILES string of the molecule is COc1ccc(C(C)CCNC(=O)NCC(O)c2ccco2)cc1. The van der Waals surface area contributed by atoms with Crippen molar-refractivity contribution in [3.05, 3.63) is 54.0 Å². The molecule has 0 saturated heterocycles. The van der Waals surface area contributed by atoms with Crippen LogP contribution in [0.15, 0.2) is 47.1 Å². The molecule has 0 saturated carbocycles. The number of carbonyl (C=O) groups is 1. The Labute approximate surface area is 141 Å². The van der Waals surface area contributed by atoms with E-state index < -0.39 is 6.10 Å². The molecule has 2 aromatic rings. The maximum Gasteiger partial charge on any atom is 0.314 e. The number of carbonyl (C=O) groups excluding carboxylic acids is 1. The summed E-state index contributed by atoms with van der Waals surface area (Å²) in [7, 11) is 1.64. The van der Waals surface area contributed by atoms with Gasteiger partial charge in [0, 0.05) is 6.54 Å². The molecular weight excluding hydrogens is 308 g/mol. The van der Waals surface area contributed by atoms with E-state index in [-0.39, 0.29) is 12.6 Å². The van der Waals surface area contributed by atoms with Crippen molar-refractivity contribution in [3.8, 4) is 5.75 Å². The van der Waals surface area contributed by atoms with Crippen molar-refractivity contribution >= 4 is 6.03 Å². The number of benzene rings is 1. The molecule has 1 heterocycles. The van der Waals surface area contributed by atoms with Gasteiger partial charge in [0.2, 0.25) is 0 Å². The van der Waals surface area contributed by atoms with Crippen molar-refractivity contribution in [2.24, 2.45) is 0 Å². The van der Waals surface area contributed by atoms with Crippen LogP contribution < -0.4 is 15.4 Å². The summed E-state index contributed by atoms with van der Waals surface area (Å²) in [6.07, 6.45) is 1.46. The number of rotatable bonds is 8. The first-order valence-corrected chi connectivity index (χ1v) is 7.97. The lowest BCUT2D eigenvalue weighted by Gasteiger charge is -2.14. The fraction of sp³-hybridized carbons (Fsp3) is 0.389. The number of urea groups is 1. The first kappa shape index (κ1) is 17.9. The zero-order valence-corrected chi connectivity index (χ0v) is 14.0. The number of ether oxygens (including phenoxy) is 1. The van der Waals surface area contributed by atoms with Gasteiger partial charge in [0.1, 0.15) is 17.6 Å². The number of nitrogens with one attached hydrogen (secondary N) is 2. The van der Waals surface area contributed by atoms with E-state index in [1.54, 1.807) is 19.2 Å². The summed E-state index contributed by atoms with van der Waals surface area (Å²) in [5.41, 5.74) is 1.20.